The van der Waals surface area contributed by atoms with Crippen LogP contribution in [0.4, 0.5) is 8.78 Å². The fraction of sp³-hybridized carbons (Fsp3) is 0.143. The largest absolute Gasteiger partial charge is 0.388 e. The van der Waals surface area contributed by atoms with Crippen molar-refractivity contribution in [1.82, 2.24) is 0 Å². The average Bonchev–Trinajstić information content (AvgIpc) is 2.33. The lowest BCUT2D eigenvalue weighted by Crippen LogP contribution is -2.04. The number of rotatable bonds is 3. The number of hydrogen-bond acceptors (Lipinski definition) is 1. The van der Waals surface area contributed by atoms with E-state index in [-0.39, 0.29) is 17.0 Å². The van der Waals surface area contributed by atoms with Gasteiger partial charge in [-0.3, -0.25) is 0 Å². The zero-order valence-electron chi connectivity index (χ0n) is 9.71. The first-order chi connectivity index (χ1) is 8.97. The van der Waals surface area contributed by atoms with Crippen LogP contribution in [0.25, 0.3) is 0 Å². The number of halogens is 4. The smallest absolute Gasteiger partial charge is 0.126 e. The van der Waals surface area contributed by atoms with Crippen LogP contribution in [0.3, 0.4) is 0 Å². The first-order valence-electron chi connectivity index (χ1n) is 5.54. The molecule has 2 rings (SSSR count). The maximum atomic E-state index is 13.5. The number of benzene rings is 2. The van der Waals surface area contributed by atoms with E-state index in [1.807, 2.05) is 0 Å². The minimum absolute atomic E-state index is 0.0117. The molecule has 0 heterocycles. The van der Waals surface area contributed by atoms with E-state index in [1.165, 1.54) is 30.3 Å². The molecule has 0 aliphatic carbocycles. The standard InChI is InChI=1S/C14H10Cl2F2O/c15-9-1-4-13(18)8(5-9)6-14(19)11-3-2-10(17)7-12(11)16/h1-5,7,14,19H,6H2. The van der Waals surface area contributed by atoms with E-state index < -0.39 is 17.7 Å². The summed E-state index contributed by atoms with van der Waals surface area (Å²) < 4.78 is 26.5. The maximum Gasteiger partial charge on any atom is 0.126 e. The van der Waals surface area contributed by atoms with Crippen LogP contribution in [-0.2, 0) is 6.42 Å². The molecule has 0 bridgehead atoms. The van der Waals surface area contributed by atoms with Crippen molar-refractivity contribution < 1.29 is 13.9 Å². The van der Waals surface area contributed by atoms with Gasteiger partial charge in [-0.1, -0.05) is 29.3 Å². The lowest BCUT2D eigenvalue weighted by Gasteiger charge is -2.13. The number of hydrogen-bond donors (Lipinski definition) is 1. The molecule has 1 N–H and O–H groups in total. The molecule has 1 unspecified atom stereocenters. The monoisotopic (exact) mass is 302 g/mol. The van der Waals surface area contributed by atoms with Gasteiger partial charge >= 0.3 is 0 Å². The van der Waals surface area contributed by atoms with Gasteiger partial charge in [-0.05, 0) is 41.5 Å². The Morgan fingerprint density at radius 2 is 1.79 bits per heavy atom. The van der Waals surface area contributed by atoms with Crippen molar-refractivity contribution in [1.29, 1.82) is 0 Å². The Hall–Kier alpha value is -1.16. The fourth-order valence-electron chi connectivity index (χ4n) is 1.79. The second-order valence-electron chi connectivity index (χ2n) is 4.12. The quantitative estimate of drug-likeness (QED) is 0.882. The molecule has 0 radical (unpaired) electrons. The third kappa shape index (κ3) is 3.44. The molecule has 2 aromatic carbocycles. The Kier molecular flexibility index (Phi) is 4.40. The van der Waals surface area contributed by atoms with Crippen molar-refractivity contribution in [3.05, 3.63) is 69.2 Å². The van der Waals surface area contributed by atoms with Gasteiger partial charge in [-0.15, -0.1) is 0 Å². The average molecular weight is 303 g/mol. The van der Waals surface area contributed by atoms with E-state index in [4.69, 9.17) is 23.2 Å². The fourth-order valence-corrected chi connectivity index (χ4v) is 2.28. The van der Waals surface area contributed by atoms with E-state index in [2.05, 4.69) is 0 Å². The highest BCUT2D eigenvalue weighted by atomic mass is 35.5. The Balaban J connectivity index is 2.25. The molecule has 2 aromatic rings. The van der Waals surface area contributed by atoms with Gasteiger partial charge in [0.05, 0.1) is 6.10 Å². The Morgan fingerprint density at radius 1 is 1.05 bits per heavy atom. The van der Waals surface area contributed by atoms with E-state index in [0.717, 1.165) is 6.07 Å². The molecule has 0 saturated heterocycles. The molecule has 0 aromatic heterocycles. The van der Waals surface area contributed by atoms with Gasteiger partial charge < -0.3 is 5.11 Å². The molecular formula is C14H10Cl2F2O. The van der Waals surface area contributed by atoms with Crippen molar-refractivity contribution in [3.8, 4) is 0 Å². The highest BCUT2D eigenvalue weighted by Gasteiger charge is 2.15. The SMILES string of the molecule is OC(Cc1cc(Cl)ccc1F)c1ccc(F)cc1Cl. The van der Waals surface area contributed by atoms with Gasteiger partial charge in [0.1, 0.15) is 11.6 Å². The molecule has 0 saturated carbocycles. The van der Waals surface area contributed by atoms with Crippen LogP contribution in [0.1, 0.15) is 17.2 Å². The van der Waals surface area contributed by atoms with Crippen LogP contribution >= 0.6 is 23.2 Å². The van der Waals surface area contributed by atoms with Crippen molar-refractivity contribution in [2.75, 3.05) is 0 Å². The molecular weight excluding hydrogens is 293 g/mol. The molecule has 0 fully saturated rings. The Labute approximate surface area is 119 Å². The summed E-state index contributed by atoms with van der Waals surface area (Å²) in [5.41, 5.74) is 0.628. The molecule has 0 amide bonds. The van der Waals surface area contributed by atoms with Crippen LogP contribution in [0.2, 0.25) is 10.0 Å². The van der Waals surface area contributed by atoms with Gasteiger partial charge in [0.25, 0.3) is 0 Å². The first-order valence-corrected chi connectivity index (χ1v) is 6.30. The maximum absolute atomic E-state index is 13.5. The zero-order valence-corrected chi connectivity index (χ0v) is 11.2. The van der Waals surface area contributed by atoms with Gasteiger partial charge in [-0.2, -0.15) is 0 Å². The number of aliphatic hydroxyl groups excluding tert-OH is 1. The zero-order chi connectivity index (χ0) is 14.0. The van der Waals surface area contributed by atoms with Crippen molar-refractivity contribution in [2.24, 2.45) is 0 Å². The minimum atomic E-state index is -1.03. The topological polar surface area (TPSA) is 20.2 Å². The first kappa shape index (κ1) is 14.3. The molecule has 0 aliphatic rings. The normalized spacial score (nSPS) is 12.5. The molecule has 19 heavy (non-hydrogen) atoms. The van der Waals surface area contributed by atoms with Gasteiger partial charge in [0.2, 0.25) is 0 Å². The summed E-state index contributed by atoms with van der Waals surface area (Å²) in [6.45, 7) is 0. The second kappa shape index (κ2) is 5.87. The van der Waals surface area contributed by atoms with E-state index in [9.17, 15) is 13.9 Å². The highest BCUT2D eigenvalue weighted by molar-refractivity contribution is 6.31. The van der Waals surface area contributed by atoms with E-state index in [0.29, 0.717) is 10.6 Å². The van der Waals surface area contributed by atoms with Crippen LogP contribution in [-0.4, -0.2) is 5.11 Å². The van der Waals surface area contributed by atoms with Crippen LogP contribution in [0, 0.1) is 11.6 Å². The summed E-state index contributed by atoms with van der Waals surface area (Å²) in [6.07, 6.45) is -1.02. The van der Waals surface area contributed by atoms with E-state index in [1.54, 1.807) is 0 Å². The number of aliphatic hydroxyl groups is 1. The molecule has 1 atom stereocenters. The molecule has 0 aliphatic heterocycles. The van der Waals surface area contributed by atoms with Gasteiger partial charge in [0.15, 0.2) is 0 Å². The second-order valence-corrected chi connectivity index (χ2v) is 4.97. The van der Waals surface area contributed by atoms with Crippen LogP contribution in [0.5, 0.6) is 0 Å². The lowest BCUT2D eigenvalue weighted by molar-refractivity contribution is 0.177. The van der Waals surface area contributed by atoms with Gasteiger partial charge in [0, 0.05) is 16.5 Å². The lowest BCUT2D eigenvalue weighted by atomic mass is 10.0. The van der Waals surface area contributed by atoms with E-state index >= 15 is 0 Å². The molecule has 0 spiro atoms. The highest BCUT2D eigenvalue weighted by Crippen LogP contribution is 2.28. The summed E-state index contributed by atoms with van der Waals surface area (Å²) in [4.78, 5) is 0. The third-order valence-electron chi connectivity index (χ3n) is 2.74. The van der Waals surface area contributed by atoms with Crippen molar-refractivity contribution in [2.45, 2.75) is 12.5 Å². The Bertz CT molecular complexity index is 602. The van der Waals surface area contributed by atoms with Crippen LogP contribution < -0.4 is 0 Å². The Morgan fingerprint density at radius 3 is 2.47 bits per heavy atom. The van der Waals surface area contributed by atoms with Crippen LogP contribution in [0.15, 0.2) is 36.4 Å². The van der Waals surface area contributed by atoms with Crippen molar-refractivity contribution >= 4 is 23.2 Å². The molecule has 5 heteroatoms. The summed E-state index contributed by atoms with van der Waals surface area (Å²) in [5, 5.41) is 10.5. The summed E-state index contributed by atoms with van der Waals surface area (Å²) in [7, 11) is 0. The predicted molar refractivity (Wildman–Crippen MR) is 71.5 cm³/mol. The molecule has 100 valence electrons. The predicted octanol–water partition coefficient (Wildman–Crippen LogP) is 4.55. The summed E-state index contributed by atoms with van der Waals surface area (Å²) in [5.74, 6) is -0.948. The minimum Gasteiger partial charge on any atom is -0.388 e. The summed E-state index contributed by atoms with van der Waals surface area (Å²) >= 11 is 11.6. The molecule has 1 nitrogen and oxygen atoms in total. The van der Waals surface area contributed by atoms with Crippen molar-refractivity contribution in [3.63, 3.8) is 0 Å². The van der Waals surface area contributed by atoms with Gasteiger partial charge in [-0.25, -0.2) is 8.78 Å². The third-order valence-corrected chi connectivity index (χ3v) is 3.30. The summed E-state index contributed by atoms with van der Waals surface area (Å²) in [6, 6.07) is 7.78.